The Morgan fingerprint density at radius 2 is 1.76 bits per heavy atom. The van der Waals surface area contributed by atoms with Gasteiger partial charge in [-0.3, -0.25) is 4.98 Å². The van der Waals surface area contributed by atoms with E-state index < -0.39 is 0 Å². The van der Waals surface area contributed by atoms with E-state index in [1.54, 1.807) is 12.4 Å². The first kappa shape index (κ1) is 14.0. The molecule has 0 saturated heterocycles. The molecule has 122 valence electrons. The highest BCUT2D eigenvalue weighted by Gasteiger charge is 2.17. The van der Waals surface area contributed by atoms with Gasteiger partial charge in [-0.1, -0.05) is 6.07 Å². The summed E-state index contributed by atoms with van der Waals surface area (Å²) in [5.74, 6) is 1.58. The monoisotopic (exact) mass is 329 g/mol. The van der Waals surface area contributed by atoms with Gasteiger partial charge in [0.1, 0.15) is 5.65 Å². The van der Waals surface area contributed by atoms with Crippen molar-refractivity contribution in [3.63, 3.8) is 0 Å². The van der Waals surface area contributed by atoms with Gasteiger partial charge in [-0.15, -0.1) is 0 Å². The lowest BCUT2D eigenvalue weighted by Gasteiger charge is -2.03. The van der Waals surface area contributed by atoms with Crippen LogP contribution in [0, 0.1) is 0 Å². The molecule has 0 fully saturated rings. The highest BCUT2D eigenvalue weighted by atomic mass is 16.7. The molecular formula is C20H15N3O2. The van der Waals surface area contributed by atoms with Crippen molar-refractivity contribution in [3.8, 4) is 33.9 Å². The Labute approximate surface area is 144 Å². The van der Waals surface area contributed by atoms with Crippen molar-refractivity contribution < 1.29 is 9.47 Å². The molecule has 0 unspecified atom stereocenters. The number of aromatic nitrogens is 3. The van der Waals surface area contributed by atoms with Gasteiger partial charge in [0.25, 0.3) is 0 Å². The van der Waals surface area contributed by atoms with Crippen LogP contribution < -0.4 is 9.47 Å². The van der Waals surface area contributed by atoms with Crippen LogP contribution in [-0.2, 0) is 7.05 Å². The average Bonchev–Trinajstić information content (AvgIpc) is 3.26. The number of nitrogens with zero attached hydrogens (tertiary/aromatic N) is 3. The fourth-order valence-electron chi connectivity index (χ4n) is 3.23. The third-order valence-corrected chi connectivity index (χ3v) is 4.48. The normalized spacial score (nSPS) is 12.7. The van der Waals surface area contributed by atoms with Gasteiger partial charge in [0, 0.05) is 42.2 Å². The van der Waals surface area contributed by atoms with Crippen LogP contribution in [0.3, 0.4) is 0 Å². The van der Waals surface area contributed by atoms with E-state index in [1.165, 1.54) is 0 Å². The zero-order valence-electron chi connectivity index (χ0n) is 13.6. The first-order valence-corrected chi connectivity index (χ1v) is 8.06. The van der Waals surface area contributed by atoms with E-state index in [2.05, 4.69) is 27.9 Å². The van der Waals surface area contributed by atoms with E-state index in [0.717, 1.165) is 44.9 Å². The minimum Gasteiger partial charge on any atom is -0.454 e. The molecule has 0 N–H and O–H groups in total. The lowest BCUT2D eigenvalue weighted by Crippen LogP contribution is -1.92. The molecule has 0 radical (unpaired) electrons. The Kier molecular flexibility index (Phi) is 3.00. The third kappa shape index (κ3) is 2.24. The number of rotatable bonds is 2. The molecule has 0 bridgehead atoms. The van der Waals surface area contributed by atoms with Gasteiger partial charge in [-0.05, 0) is 42.0 Å². The summed E-state index contributed by atoms with van der Waals surface area (Å²) in [6, 6.07) is 14.1. The van der Waals surface area contributed by atoms with Crippen molar-refractivity contribution >= 4 is 11.0 Å². The molecule has 0 spiro atoms. The molecular weight excluding hydrogens is 314 g/mol. The van der Waals surface area contributed by atoms with Gasteiger partial charge in [0.15, 0.2) is 11.5 Å². The van der Waals surface area contributed by atoms with Gasteiger partial charge in [-0.2, -0.15) is 0 Å². The maximum absolute atomic E-state index is 5.51. The van der Waals surface area contributed by atoms with Crippen molar-refractivity contribution in [3.05, 3.63) is 61.1 Å². The summed E-state index contributed by atoms with van der Waals surface area (Å²) in [5.41, 5.74) is 5.16. The van der Waals surface area contributed by atoms with Crippen LogP contribution in [0.5, 0.6) is 11.5 Å². The van der Waals surface area contributed by atoms with E-state index in [4.69, 9.17) is 14.5 Å². The lowest BCUT2D eigenvalue weighted by atomic mass is 10.0. The summed E-state index contributed by atoms with van der Waals surface area (Å²) < 4.78 is 13.0. The van der Waals surface area contributed by atoms with E-state index in [1.807, 2.05) is 37.4 Å². The molecule has 0 amide bonds. The fraction of sp³-hybridized carbons (Fsp3) is 0.100. The second-order valence-corrected chi connectivity index (χ2v) is 6.03. The predicted octanol–water partition coefficient (Wildman–Crippen LogP) is 4.03. The number of aryl methyl sites for hydroxylation is 1. The maximum Gasteiger partial charge on any atom is 0.231 e. The first-order valence-electron chi connectivity index (χ1n) is 8.06. The smallest absolute Gasteiger partial charge is 0.231 e. The largest absolute Gasteiger partial charge is 0.454 e. The molecule has 1 aliphatic rings. The van der Waals surface area contributed by atoms with Gasteiger partial charge < -0.3 is 14.0 Å². The Hall–Kier alpha value is -3.34. The van der Waals surface area contributed by atoms with Crippen molar-refractivity contribution in [1.29, 1.82) is 0 Å². The van der Waals surface area contributed by atoms with Gasteiger partial charge in [0.2, 0.25) is 6.79 Å². The minimum atomic E-state index is 0.283. The molecule has 4 aromatic rings. The van der Waals surface area contributed by atoms with Crippen molar-refractivity contribution in [1.82, 2.24) is 14.5 Å². The molecule has 5 nitrogen and oxygen atoms in total. The Balaban J connectivity index is 1.66. The van der Waals surface area contributed by atoms with E-state index in [0.29, 0.717) is 0 Å². The average molecular weight is 329 g/mol. The zero-order valence-corrected chi connectivity index (χ0v) is 13.6. The SMILES string of the molecule is Cn1cc(-c2ccc3c(c2)OCO3)c2ccc(-c3ccncc3)nc21. The van der Waals surface area contributed by atoms with Crippen LogP contribution in [0.25, 0.3) is 33.4 Å². The number of benzene rings is 1. The Morgan fingerprint density at radius 1 is 0.920 bits per heavy atom. The van der Waals surface area contributed by atoms with E-state index in [9.17, 15) is 0 Å². The van der Waals surface area contributed by atoms with Crippen LogP contribution in [0.2, 0.25) is 0 Å². The summed E-state index contributed by atoms with van der Waals surface area (Å²) in [7, 11) is 2.02. The molecule has 0 aliphatic carbocycles. The molecule has 5 rings (SSSR count). The van der Waals surface area contributed by atoms with Crippen LogP contribution in [0.1, 0.15) is 0 Å². The van der Waals surface area contributed by atoms with Gasteiger partial charge >= 0.3 is 0 Å². The maximum atomic E-state index is 5.51. The van der Waals surface area contributed by atoms with E-state index in [-0.39, 0.29) is 6.79 Å². The van der Waals surface area contributed by atoms with Crippen molar-refractivity contribution in [2.75, 3.05) is 6.79 Å². The molecule has 25 heavy (non-hydrogen) atoms. The minimum absolute atomic E-state index is 0.283. The van der Waals surface area contributed by atoms with Crippen LogP contribution in [0.4, 0.5) is 0 Å². The standard InChI is InChI=1S/C20H15N3O2/c1-23-11-16(14-2-5-18-19(10-14)25-12-24-18)15-3-4-17(22-20(15)23)13-6-8-21-9-7-13/h2-11H,12H2,1H3. The number of pyridine rings is 2. The van der Waals surface area contributed by atoms with E-state index >= 15 is 0 Å². The number of hydrogen-bond donors (Lipinski definition) is 0. The molecule has 1 aliphatic heterocycles. The summed E-state index contributed by atoms with van der Waals surface area (Å²) in [5, 5.41) is 1.11. The van der Waals surface area contributed by atoms with Crippen molar-refractivity contribution in [2.45, 2.75) is 0 Å². The van der Waals surface area contributed by atoms with Crippen molar-refractivity contribution in [2.24, 2.45) is 7.05 Å². The number of hydrogen-bond acceptors (Lipinski definition) is 4. The van der Waals surface area contributed by atoms with Gasteiger partial charge in [0.05, 0.1) is 5.69 Å². The molecule has 5 heteroatoms. The summed E-state index contributed by atoms with van der Waals surface area (Å²) in [4.78, 5) is 8.91. The second kappa shape index (κ2) is 5.34. The Morgan fingerprint density at radius 3 is 2.64 bits per heavy atom. The summed E-state index contributed by atoms with van der Waals surface area (Å²) in [6.45, 7) is 0.283. The first-order chi connectivity index (χ1) is 12.3. The summed E-state index contributed by atoms with van der Waals surface area (Å²) in [6.07, 6.45) is 5.67. The van der Waals surface area contributed by atoms with Gasteiger partial charge in [-0.25, -0.2) is 4.98 Å². The van der Waals surface area contributed by atoms with Crippen LogP contribution in [0.15, 0.2) is 61.1 Å². The number of ether oxygens (including phenoxy) is 2. The second-order valence-electron chi connectivity index (χ2n) is 6.03. The third-order valence-electron chi connectivity index (χ3n) is 4.48. The molecule has 3 aromatic heterocycles. The molecule has 0 saturated carbocycles. The molecule has 4 heterocycles. The van der Waals surface area contributed by atoms with Crippen LogP contribution >= 0.6 is 0 Å². The topological polar surface area (TPSA) is 49.2 Å². The van der Waals surface area contributed by atoms with Crippen LogP contribution in [-0.4, -0.2) is 21.3 Å². The Bertz CT molecular complexity index is 1090. The molecule has 0 atom stereocenters. The molecule has 1 aromatic carbocycles. The highest BCUT2D eigenvalue weighted by Crippen LogP contribution is 2.38. The summed E-state index contributed by atoms with van der Waals surface area (Å²) >= 11 is 0. The number of fused-ring (bicyclic) bond motifs is 2. The highest BCUT2D eigenvalue weighted by molar-refractivity contribution is 5.95. The lowest BCUT2D eigenvalue weighted by molar-refractivity contribution is 0.174. The fourth-order valence-corrected chi connectivity index (χ4v) is 3.23. The zero-order chi connectivity index (χ0) is 16.8. The predicted molar refractivity (Wildman–Crippen MR) is 95.5 cm³/mol. The quantitative estimate of drug-likeness (QED) is 0.557.